The first-order valence-electron chi connectivity index (χ1n) is 5.26. The van der Waals surface area contributed by atoms with Crippen molar-refractivity contribution in [3.05, 3.63) is 18.6 Å². The second-order valence-corrected chi connectivity index (χ2v) is 3.50. The quantitative estimate of drug-likeness (QED) is 0.386. The first-order valence-corrected chi connectivity index (χ1v) is 5.26. The molecule has 0 atom stereocenters. The van der Waals surface area contributed by atoms with E-state index in [1.165, 1.54) is 38.5 Å². The van der Waals surface area contributed by atoms with E-state index in [1.807, 2.05) is 0 Å². The molecule has 0 aliphatic heterocycles. The van der Waals surface area contributed by atoms with Crippen molar-refractivity contribution in [3.63, 3.8) is 0 Å². The van der Waals surface area contributed by atoms with Gasteiger partial charge in [0.05, 0.1) is 0 Å². The third-order valence-electron chi connectivity index (χ3n) is 2.12. The van der Waals surface area contributed by atoms with E-state index < -0.39 is 0 Å². The molecule has 12 heavy (non-hydrogen) atoms. The Labute approximate surface area is 78.1 Å². The van der Waals surface area contributed by atoms with E-state index in [1.54, 1.807) is 5.57 Å². The van der Waals surface area contributed by atoms with Crippen LogP contribution in [0.4, 0.5) is 0 Å². The second kappa shape index (κ2) is 8.83. The number of rotatable bonds is 7. The standard InChI is InChI=1S/C12H23/c1-4-6-8-10-12(3)11-9-7-5-2/h11H,1,4-10H2,2-3H3. The topological polar surface area (TPSA) is 0 Å². The molecule has 0 unspecified atom stereocenters. The van der Waals surface area contributed by atoms with Crippen LogP contribution in [0.1, 0.15) is 58.8 Å². The highest BCUT2D eigenvalue weighted by molar-refractivity contribution is 4.97. The van der Waals surface area contributed by atoms with Crippen molar-refractivity contribution in [1.82, 2.24) is 0 Å². The molecule has 0 N–H and O–H groups in total. The minimum atomic E-state index is 1.09. The van der Waals surface area contributed by atoms with Gasteiger partial charge < -0.3 is 0 Å². The lowest BCUT2D eigenvalue weighted by atomic mass is 10.1. The largest absolute Gasteiger partial charge is 0.0856 e. The van der Waals surface area contributed by atoms with Crippen molar-refractivity contribution in [3.8, 4) is 0 Å². The maximum atomic E-state index is 3.84. The van der Waals surface area contributed by atoms with E-state index in [4.69, 9.17) is 0 Å². The average Bonchev–Trinajstić information content (AvgIpc) is 2.06. The number of allylic oxidation sites excluding steroid dienone is 2. The second-order valence-electron chi connectivity index (χ2n) is 3.50. The van der Waals surface area contributed by atoms with E-state index in [2.05, 4.69) is 26.8 Å². The third-order valence-corrected chi connectivity index (χ3v) is 2.12. The molecule has 0 heterocycles. The van der Waals surface area contributed by atoms with Crippen LogP contribution < -0.4 is 0 Å². The number of unbranched alkanes of at least 4 members (excludes halogenated alkanes) is 4. The fourth-order valence-electron chi connectivity index (χ4n) is 1.24. The monoisotopic (exact) mass is 167 g/mol. The summed E-state index contributed by atoms with van der Waals surface area (Å²) in [6.07, 6.45) is 11.3. The van der Waals surface area contributed by atoms with E-state index in [9.17, 15) is 0 Å². The molecule has 1 radical (unpaired) electrons. The van der Waals surface area contributed by atoms with E-state index in [0.717, 1.165) is 6.42 Å². The maximum absolute atomic E-state index is 3.84. The highest BCUT2D eigenvalue weighted by atomic mass is 14.0. The lowest BCUT2D eigenvalue weighted by Crippen LogP contribution is -1.79. The van der Waals surface area contributed by atoms with E-state index >= 15 is 0 Å². The van der Waals surface area contributed by atoms with Gasteiger partial charge in [-0.2, -0.15) is 0 Å². The van der Waals surface area contributed by atoms with Crippen molar-refractivity contribution in [2.24, 2.45) is 0 Å². The molecule has 0 aromatic rings. The summed E-state index contributed by atoms with van der Waals surface area (Å²) in [4.78, 5) is 0. The lowest BCUT2D eigenvalue weighted by molar-refractivity contribution is 0.733. The summed E-state index contributed by atoms with van der Waals surface area (Å²) < 4.78 is 0. The maximum Gasteiger partial charge on any atom is -0.0323 e. The molecule has 0 aromatic heterocycles. The first-order chi connectivity index (χ1) is 5.81. The molecule has 0 nitrogen and oxygen atoms in total. The lowest BCUT2D eigenvalue weighted by Gasteiger charge is -1.99. The van der Waals surface area contributed by atoms with Crippen molar-refractivity contribution in [2.75, 3.05) is 0 Å². The summed E-state index contributed by atoms with van der Waals surface area (Å²) >= 11 is 0. The SMILES string of the molecule is [CH2]CCCCC(C)=CCCCC. The van der Waals surface area contributed by atoms with Crippen LogP contribution in [-0.4, -0.2) is 0 Å². The third kappa shape index (κ3) is 7.84. The first kappa shape index (κ1) is 11.7. The van der Waals surface area contributed by atoms with Crippen LogP contribution in [0.3, 0.4) is 0 Å². The fraction of sp³-hybridized carbons (Fsp3) is 0.750. The molecule has 0 heteroatoms. The zero-order valence-corrected chi connectivity index (χ0v) is 8.73. The van der Waals surface area contributed by atoms with Crippen molar-refractivity contribution in [1.29, 1.82) is 0 Å². The fourth-order valence-corrected chi connectivity index (χ4v) is 1.24. The molecule has 0 bridgehead atoms. The summed E-state index contributed by atoms with van der Waals surface area (Å²) in [5.41, 5.74) is 1.57. The average molecular weight is 167 g/mol. The molecule has 0 amide bonds. The highest BCUT2D eigenvalue weighted by Crippen LogP contribution is 2.09. The summed E-state index contributed by atoms with van der Waals surface area (Å²) in [7, 11) is 0. The van der Waals surface area contributed by atoms with Crippen LogP contribution in [0.15, 0.2) is 11.6 Å². The van der Waals surface area contributed by atoms with Crippen LogP contribution in [0.5, 0.6) is 0 Å². The van der Waals surface area contributed by atoms with Gasteiger partial charge in [-0.15, -0.1) is 0 Å². The highest BCUT2D eigenvalue weighted by Gasteiger charge is 1.89. The predicted octanol–water partition coefficient (Wildman–Crippen LogP) is 4.52. The van der Waals surface area contributed by atoms with Crippen LogP contribution >= 0.6 is 0 Å². The van der Waals surface area contributed by atoms with Gasteiger partial charge >= 0.3 is 0 Å². The molecule has 71 valence electrons. The summed E-state index contributed by atoms with van der Waals surface area (Å²) in [5, 5.41) is 0. The molecular formula is C12H23. The minimum absolute atomic E-state index is 1.09. The van der Waals surface area contributed by atoms with Crippen molar-refractivity contribution < 1.29 is 0 Å². The molecule has 0 spiro atoms. The zero-order chi connectivity index (χ0) is 9.23. The van der Waals surface area contributed by atoms with Gasteiger partial charge in [0, 0.05) is 0 Å². The van der Waals surface area contributed by atoms with Gasteiger partial charge in [0.1, 0.15) is 0 Å². The Morgan fingerprint density at radius 3 is 2.58 bits per heavy atom. The Morgan fingerprint density at radius 1 is 1.25 bits per heavy atom. The smallest absolute Gasteiger partial charge is 0.0323 e. The number of hydrogen-bond acceptors (Lipinski definition) is 0. The van der Waals surface area contributed by atoms with Gasteiger partial charge in [-0.3, -0.25) is 0 Å². The van der Waals surface area contributed by atoms with Gasteiger partial charge in [-0.1, -0.05) is 51.2 Å². The van der Waals surface area contributed by atoms with Gasteiger partial charge in [-0.05, 0) is 26.2 Å². The molecule has 0 saturated carbocycles. The van der Waals surface area contributed by atoms with Gasteiger partial charge in [0.25, 0.3) is 0 Å². The molecule has 0 fully saturated rings. The Kier molecular flexibility index (Phi) is 8.64. The van der Waals surface area contributed by atoms with Crippen LogP contribution in [0, 0.1) is 6.92 Å². The van der Waals surface area contributed by atoms with Crippen LogP contribution in [0.2, 0.25) is 0 Å². The van der Waals surface area contributed by atoms with Crippen LogP contribution in [-0.2, 0) is 0 Å². The Bertz CT molecular complexity index is 111. The predicted molar refractivity (Wildman–Crippen MR) is 57.1 cm³/mol. The summed E-state index contributed by atoms with van der Waals surface area (Å²) in [6.45, 7) is 8.33. The zero-order valence-electron chi connectivity index (χ0n) is 8.73. The van der Waals surface area contributed by atoms with Crippen LogP contribution in [0.25, 0.3) is 0 Å². The van der Waals surface area contributed by atoms with Gasteiger partial charge in [-0.25, -0.2) is 0 Å². The van der Waals surface area contributed by atoms with Gasteiger partial charge in [0.2, 0.25) is 0 Å². The normalized spacial score (nSPS) is 12.1. The Balaban J connectivity index is 3.29. The molecule has 0 rings (SSSR count). The molecular weight excluding hydrogens is 144 g/mol. The van der Waals surface area contributed by atoms with E-state index in [0.29, 0.717) is 0 Å². The van der Waals surface area contributed by atoms with Crippen molar-refractivity contribution >= 4 is 0 Å². The Morgan fingerprint density at radius 2 is 2.00 bits per heavy atom. The van der Waals surface area contributed by atoms with Crippen molar-refractivity contribution in [2.45, 2.75) is 58.8 Å². The number of hydrogen-bond donors (Lipinski definition) is 0. The minimum Gasteiger partial charge on any atom is -0.0856 e. The summed E-state index contributed by atoms with van der Waals surface area (Å²) in [6, 6.07) is 0. The molecule has 0 aromatic carbocycles. The van der Waals surface area contributed by atoms with Gasteiger partial charge in [0.15, 0.2) is 0 Å². The molecule has 0 aliphatic rings. The molecule has 0 saturated heterocycles. The molecule has 0 aliphatic carbocycles. The Hall–Kier alpha value is -0.260. The summed E-state index contributed by atoms with van der Waals surface area (Å²) in [5.74, 6) is 0. The van der Waals surface area contributed by atoms with E-state index in [-0.39, 0.29) is 0 Å².